The van der Waals surface area contributed by atoms with Crippen LogP contribution < -0.4 is 5.32 Å². The third-order valence-electron chi connectivity index (χ3n) is 2.87. The monoisotopic (exact) mass is 329 g/mol. The zero-order valence-corrected chi connectivity index (χ0v) is 13.8. The smallest absolute Gasteiger partial charge is 0.253 e. The maximum Gasteiger partial charge on any atom is 0.253 e. The van der Waals surface area contributed by atoms with E-state index in [2.05, 4.69) is 24.1 Å². The van der Waals surface area contributed by atoms with Crippen LogP contribution in [-0.2, 0) is 0 Å². The predicted molar refractivity (Wildman–Crippen MR) is 93.5 cm³/mol. The topological polar surface area (TPSA) is 29.1 Å². The lowest BCUT2D eigenvalue weighted by atomic mass is 10.2. The van der Waals surface area contributed by atoms with Crippen molar-refractivity contribution < 1.29 is 4.79 Å². The molecule has 2 rings (SSSR count). The highest BCUT2D eigenvalue weighted by atomic mass is 35.5. The molecule has 0 heterocycles. The molecule has 22 heavy (non-hydrogen) atoms. The second-order valence-corrected chi connectivity index (χ2v) is 6.11. The molecule has 0 bridgehead atoms. The maximum atomic E-state index is 12.2. The molecule has 0 saturated heterocycles. The van der Waals surface area contributed by atoms with E-state index in [-0.39, 0.29) is 12.5 Å². The van der Waals surface area contributed by atoms with E-state index in [1.165, 1.54) is 0 Å². The summed E-state index contributed by atoms with van der Waals surface area (Å²) in [5.41, 5.74) is 1.45. The predicted octanol–water partition coefficient (Wildman–Crippen LogP) is 4.23. The summed E-state index contributed by atoms with van der Waals surface area (Å²) < 4.78 is 0. The average molecular weight is 330 g/mol. The summed E-state index contributed by atoms with van der Waals surface area (Å²) in [6.07, 6.45) is 0. The Morgan fingerprint density at radius 3 is 2.68 bits per heavy atom. The van der Waals surface area contributed by atoms with Crippen molar-refractivity contribution in [2.24, 2.45) is 0 Å². The number of carbonyl (C=O) groups excluding carboxylic acids is 1. The van der Waals surface area contributed by atoms with Gasteiger partial charge in [-0.3, -0.25) is 4.79 Å². The Bertz CT molecular complexity index is 718. The van der Waals surface area contributed by atoms with E-state index in [1.54, 1.807) is 17.8 Å². The van der Waals surface area contributed by atoms with Crippen molar-refractivity contribution in [1.82, 2.24) is 5.32 Å². The maximum absolute atomic E-state index is 12.2. The molecular weight excluding hydrogens is 314 g/mol. The molecule has 4 heteroatoms. The summed E-state index contributed by atoms with van der Waals surface area (Å²) in [4.78, 5) is 13.2. The SMILES string of the molecule is CCSc1ccccc1C(=O)NCC#Cc1ccccc1Cl. The first-order chi connectivity index (χ1) is 10.7. The molecule has 0 unspecified atom stereocenters. The third kappa shape index (κ3) is 4.56. The fourth-order valence-electron chi connectivity index (χ4n) is 1.86. The number of halogens is 1. The molecule has 0 atom stereocenters. The minimum Gasteiger partial charge on any atom is -0.341 e. The number of benzene rings is 2. The summed E-state index contributed by atoms with van der Waals surface area (Å²) >= 11 is 7.68. The van der Waals surface area contributed by atoms with Gasteiger partial charge in [0.2, 0.25) is 0 Å². The quantitative estimate of drug-likeness (QED) is 0.671. The number of carbonyl (C=O) groups is 1. The van der Waals surface area contributed by atoms with E-state index < -0.39 is 0 Å². The fraction of sp³-hybridized carbons (Fsp3) is 0.167. The van der Waals surface area contributed by atoms with Gasteiger partial charge in [0.1, 0.15) is 0 Å². The summed E-state index contributed by atoms with van der Waals surface area (Å²) in [6.45, 7) is 2.35. The molecule has 0 spiro atoms. The van der Waals surface area contributed by atoms with Crippen molar-refractivity contribution in [3.63, 3.8) is 0 Å². The Labute approximate surface area is 140 Å². The van der Waals surface area contributed by atoms with Gasteiger partial charge in [0.05, 0.1) is 17.1 Å². The number of thioether (sulfide) groups is 1. The van der Waals surface area contributed by atoms with Crippen molar-refractivity contribution in [3.05, 3.63) is 64.7 Å². The minimum absolute atomic E-state index is 0.106. The van der Waals surface area contributed by atoms with Crippen molar-refractivity contribution in [2.75, 3.05) is 12.3 Å². The van der Waals surface area contributed by atoms with Crippen molar-refractivity contribution >= 4 is 29.3 Å². The van der Waals surface area contributed by atoms with Gasteiger partial charge < -0.3 is 5.32 Å². The van der Waals surface area contributed by atoms with Crippen LogP contribution in [0, 0.1) is 11.8 Å². The van der Waals surface area contributed by atoms with Gasteiger partial charge in [-0.2, -0.15) is 0 Å². The van der Waals surface area contributed by atoms with E-state index in [0.29, 0.717) is 10.6 Å². The number of hydrogen-bond donors (Lipinski definition) is 1. The molecule has 0 aliphatic carbocycles. The van der Waals surface area contributed by atoms with Crippen LogP contribution in [0.5, 0.6) is 0 Å². The van der Waals surface area contributed by atoms with Gasteiger partial charge in [-0.15, -0.1) is 11.8 Å². The van der Waals surface area contributed by atoms with Crippen molar-refractivity contribution in [3.8, 4) is 11.8 Å². The average Bonchev–Trinajstić information content (AvgIpc) is 2.54. The Morgan fingerprint density at radius 1 is 1.18 bits per heavy atom. The van der Waals surface area contributed by atoms with E-state index in [4.69, 9.17) is 11.6 Å². The molecule has 0 aromatic heterocycles. The van der Waals surface area contributed by atoms with Crippen LogP contribution in [0.15, 0.2) is 53.4 Å². The van der Waals surface area contributed by atoms with E-state index in [9.17, 15) is 4.79 Å². The standard InChI is InChI=1S/C18H16ClNOS/c1-2-22-17-12-6-4-10-15(17)18(21)20-13-7-9-14-8-3-5-11-16(14)19/h3-6,8,10-12H,2,13H2,1H3,(H,20,21). The van der Waals surface area contributed by atoms with Gasteiger partial charge in [0.15, 0.2) is 0 Å². The largest absolute Gasteiger partial charge is 0.341 e. The lowest BCUT2D eigenvalue weighted by molar-refractivity contribution is 0.0956. The lowest BCUT2D eigenvalue weighted by Gasteiger charge is -2.07. The van der Waals surface area contributed by atoms with Crippen LogP contribution in [0.1, 0.15) is 22.8 Å². The third-order valence-corrected chi connectivity index (χ3v) is 4.15. The van der Waals surface area contributed by atoms with Gasteiger partial charge in [-0.25, -0.2) is 0 Å². The van der Waals surface area contributed by atoms with Crippen molar-refractivity contribution in [2.45, 2.75) is 11.8 Å². The van der Waals surface area contributed by atoms with Crippen LogP contribution in [-0.4, -0.2) is 18.2 Å². The zero-order chi connectivity index (χ0) is 15.8. The van der Waals surface area contributed by atoms with Crippen LogP contribution >= 0.6 is 23.4 Å². The first-order valence-corrected chi connectivity index (χ1v) is 8.32. The van der Waals surface area contributed by atoms with Crippen LogP contribution in [0.2, 0.25) is 5.02 Å². The Kier molecular flexibility index (Phi) is 6.39. The second-order valence-electron chi connectivity index (χ2n) is 4.39. The molecule has 2 aromatic rings. The normalized spacial score (nSPS) is 9.73. The number of hydrogen-bond acceptors (Lipinski definition) is 2. The molecule has 112 valence electrons. The van der Waals surface area contributed by atoms with E-state index in [0.717, 1.165) is 16.2 Å². The van der Waals surface area contributed by atoms with Crippen LogP contribution in [0.25, 0.3) is 0 Å². The molecular formula is C18H16ClNOS. The number of nitrogens with one attached hydrogen (secondary N) is 1. The fourth-order valence-corrected chi connectivity index (χ4v) is 2.84. The van der Waals surface area contributed by atoms with Crippen molar-refractivity contribution in [1.29, 1.82) is 0 Å². The molecule has 1 N–H and O–H groups in total. The Morgan fingerprint density at radius 2 is 1.91 bits per heavy atom. The van der Waals surface area contributed by atoms with Gasteiger partial charge in [0.25, 0.3) is 5.91 Å². The molecule has 0 aliphatic rings. The Hall–Kier alpha value is -1.89. The minimum atomic E-state index is -0.106. The highest BCUT2D eigenvalue weighted by Gasteiger charge is 2.09. The van der Waals surface area contributed by atoms with E-state index >= 15 is 0 Å². The number of amides is 1. The summed E-state index contributed by atoms with van der Waals surface area (Å²) in [7, 11) is 0. The van der Waals surface area contributed by atoms with Gasteiger partial charge in [-0.1, -0.05) is 54.6 Å². The number of rotatable bonds is 4. The molecule has 2 aromatic carbocycles. The molecule has 1 amide bonds. The van der Waals surface area contributed by atoms with Gasteiger partial charge >= 0.3 is 0 Å². The second kappa shape index (κ2) is 8.53. The van der Waals surface area contributed by atoms with Crippen LogP contribution in [0.4, 0.5) is 0 Å². The van der Waals surface area contributed by atoms with E-state index in [1.807, 2.05) is 42.5 Å². The van der Waals surface area contributed by atoms with Gasteiger partial charge in [-0.05, 0) is 30.0 Å². The molecule has 0 aliphatic heterocycles. The highest BCUT2D eigenvalue weighted by molar-refractivity contribution is 7.99. The lowest BCUT2D eigenvalue weighted by Crippen LogP contribution is -2.24. The molecule has 0 radical (unpaired) electrons. The van der Waals surface area contributed by atoms with Gasteiger partial charge in [0, 0.05) is 10.5 Å². The molecule has 0 fully saturated rings. The van der Waals surface area contributed by atoms with Crippen LogP contribution in [0.3, 0.4) is 0 Å². The highest BCUT2D eigenvalue weighted by Crippen LogP contribution is 2.21. The summed E-state index contributed by atoms with van der Waals surface area (Å²) in [5, 5.41) is 3.44. The zero-order valence-electron chi connectivity index (χ0n) is 12.2. The Balaban J connectivity index is 1.98. The first-order valence-electron chi connectivity index (χ1n) is 6.95. The summed E-state index contributed by atoms with van der Waals surface area (Å²) in [6, 6.07) is 15.0. The molecule has 2 nitrogen and oxygen atoms in total. The summed E-state index contributed by atoms with van der Waals surface area (Å²) in [5.74, 6) is 6.70. The molecule has 0 saturated carbocycles. The first kappa shape index (κ1) is 16.5.